The second-order valence-electron chi connectivity index (χ2n) is 6.28. The Kier molecular flexibility index (Phi) is 4.37. The van der Waals surface area contributed by atoms with Crippen LogP contribution in [0.4, 0.5) is 5.82 Å². The van der Waals surface area contributed by atoms with E-state index < -0.39 is 0 Å². The smallest absolute Gasteiger partial charge is 0.257 e. The molecule has 4 aromatic rings. The number of carbonyl (C=O) groups is 1. The van der Waals surface area contributed by atoms with Crippen LogP contribution in [0.2, 0.25) is 5.02 Å². The largest absolute Gasteiger partial charge is 0.304 e. The minimum Gasteiger partial charge on any atom is -0.304 e. The molecule has 0 saturated carbocycles. The van der Waals surface area contributed by atoms with Gasteiger partial charge in [0.2, 0.25) is 0 Å². The van der Waals surface area contributed by atoms with Crippen molar-refractivity contribution in [1.29, 1.82) is 0 Å². The normalized spacial score (nSPS) is 11.1. The molecular formula is C19H17ClN6O. The highest BCUT2D eigenvalue weighted by molar-refractivity contribution is 6.33. The van der Waals surface area contributed by atoms with Crippen molar-refractivity contribution in [2.24, 2.45) is 7.05 Å². The molecule has 0 radical (unpaired) electrons. The van der Waals surface area contributed by atoms with Crippen molar-refractivity contribution < 1.29 is 4.79 Å². The molecule has 0 aliphatic carbocycles. The number of hydrogen-bond donors (Lipinski definition) is 1. The molecule has 3 aromatic heterocycles. The average Bonchev–Trinajstić information content (AvgIpc) is 3.18. The Balaban J connectivity index is 1.60. The zero-order valence-corrected chi connectivity index (χ0v) is 15.6. The highest BCUT2D eigenvalue weighted by Crippen LogP contribution is 2.23. The number of amides is 1. The fraction of sp³-hybridized carbons (Fsp3) is 0.158. The molecule has 0 fully saturated rings. The van der Waals surface area contributed by atoms with Gasteiger partial charge in [-0.3, -0.25) is 14.2 Å². The van der Waals surface area contributed by atoms with Crippen molar-refractivity contribution in [3.05, 3.63) is 70.6 Å². The van der Waals surface area contributed by atoms with Gasteiger partial charge in [-0.1, -0.05) is 41.9 Å². The van der Waals surface area contributed by atoms with E-state index in [9.17, 15) is 4.79 Å². The number of aromatic nitrogens is 5. The van der Waals surface area contributed by atoms with Crippen molar-refractivity contribution in [2.75, 3.05) is 5.32 Å². The summed E-state index contributed by atoms with van der Waals surface area (Å²) in [5.41, 5.74) is 2.97. The SMILES string of the molecule is Cc1cc(C(=O)Nc2nn(Cc3ccccc3)cc2Cl)c2cnn(C)c2n1. The van der Waals surface area contributed by atoms with E-state index in [2.05, 4.69) is 20.5 Å². The summed E-state index contributed by atoms with van der Waals surface area (Å²) in [7, 11) is 1.79. The van der Waals surface area contributed by atoms with E-state index in [0.29, 0.717) is 34.0 Å². The molecular weight excluding hydrogens is 364 g/mol. The number of rotatable bonds is 4. The van der Waals surface area contributed by atoms with E-state index in [4.69, 9.17) is 11.6 Å². The number of nitrogens with one attached hydrogen (secondary N) is 1. The van der Waals surface area contributed by atoms with Crippen LogP contribution in [0.15, 0.2) is 48.8 Å². The number of pyridine rings is 1. The van der Waals surface area contributed by atoms with Gasteiger partial charge >= 0.3 is 0 Å². The van der Waals surface area contributed by atoms with Crippen LogP contribution in [0.3, 0.4) is 0 Å². The van der Waals surface area contributed by atoms with Crippen LogP contribution in [0.1, 0.15) is 21.6 Å². The van der Waals surface area contributed by atoms with E-state index in [1.54, 1.807) is 34.9 Å². The monoisotopic (exact) mass is 380 g/mol. The van der Waals surface area contributed by atoms with Crippen molar-refractivity contribution >= 4 is 34.4 Å². The molecule has 7 nitrogen and oxygen atoms in total. The number of hydrogen-bond acceptors (Lipinski definition) is 4. The van der Waals surface area contributed by atoms with Crippen molar-refractivity contribution in [3.63, 3.8) is 0 Å². The Morgan fingerprint density at radius 2 is 2.04 bits per heavy atom. The van der Waals surface area contributed by atoms with Gasteiger partial charge in [0.05, 0.1) is 23.7 Å². The standard InChI is InChI=1S/C19H17ClN6O/c1-12-8-14(15-9-21-25(2)18(15)22-12)19(27)23-17-16(20)11-26(24-17)10-13-6-4-3-5-7-13/h3-9,11H,10H2,1-2H3,(H,23,24,27). The first kappa shape index (κ1) is 17.2. The third kappa shape index (κ3) is 3.41. The molecule has 0 aliphatic rings. The Bertz CT molecular complexity index is 1130. The molecule has 0 saturated heterocycles. The highest BCUT2D eigenvalue weighted by Gasteiger charge is 2.17. The van der Waals surface area contributed by atoms with Gasteiger partial charge in [-0.2, -0.15) is 10.2 Å². The van der Waals surface area contributed by atoms with Crippen LogP contribution >= 0.6 is 11.6 Å². The summed E-state index contributed by atoms with van der Waals surface area (Å²) < 4.78 is 3.34. The van der Waals surface area contributed by atoms with Gasteiger partial charge in [-0.05, 0) is 18.6 Å². The van der Waals surface area contributed by atoms with Crippen LogP contribution < -0.4 is 5.32 Å². The van der Waals surface area contributed by atoms with Crippen molar-refractivity contribution in [1.82, 2.24) is 24.5 Å². The second-order valence-corrected chi connectivity index (χ2v) is 6.69. The summed E-state index contributed by atoms with van der Waals surface area (Å²) in [6.07, 6.45) is 3.33. The lowest BCUT2D eigenvalue weighted by atomic mass is 10.1. The fourth-order valence-corrected chi connectivity index (χ4v) is 3.13. The zero-order valence-electron chi connectivity index (χ0n) is 14.8. The van der Waals surface area contributed by atoms with Gasteiger partial charge < -0.3 is 5.32 Å². The molecule has 136 valence electrons. The Labute approximate surface area is 160 Å². The van der Waals surface area contributed by atoms with E-state index >= 15 is 0 Å². The predicted molar refractivity (Wildman–Crippen MR) is 104 cm³/mol. The minimum atomic E-state index is -0.301. The van der Waals surface area contributed by atoms with E-state index in [1.807, 2.05) is 37.3 Å². The van der Waals surface area contributed by atoms with E-state index in [1.165, 1.54) is 0 Å². The second kappa shape index (κ2) is 6.85. The fourth-order valence-electron chi connectivity index (χ4n) is 2.94. The first-order valence-electron chi connectivity index (χ1n) is 8.39. The van der Waals surface area contributed by atoms with Crippen LogP contribution in [0.5, 0.6) is 0 Å². The van der Waals surface area contributed by atoms with Gasteiger partial charge in [0.25, 0.3) is 5.91 Å². The lowest BCUT2D eigenvalue weighted by Crippen LogP contribution is -2.14. The van der Waals surface area contributed by atoms with Gasteiger partial charge in [-0.25, -0.2) is 4.98 Å². The molecule has 1 amide bonds. The Morgan fingerprint density at radius 3 is 2.81 bits per heavy atom. The third-order valence-corrected chi connectivity index (χ3v) is 4.49. The number of aryl methyl sites for hydroxylation is 2. The third-order valence-electron chi connectivity index (χ3n) is 4.21. The van der Waals surface area contributed by atoms with Crippen molar-refractivity contribution in [2.45, 2.75) is 13.5 Å². The Morgan fingerprint density at radius 1 is 1.26 bits per heavy atom. The lowest BCUT2D eigenvalue weighted by molar-refractivity contribution is 0.102. The van der Waals surface area contributed by atoms with Crippen LogP contribution in [0, 0.1) is 6.92 Å². The maximum Gasteiger partial charge on any atom is 0.257 e. The number of carbonyl (C=O) groups excluding carboxylic acids is 1. The number of anilines is 1. The summed E-state index contributed by atoms with van der Waals surface area (Å²) in [6, 6.07) is 11.6. The molecule has 8 heteroatoms. The number of fused-ring (bicyclic) bond motifs is 1. The lowest BCUT2D eigenvalue weighted by Gasteiger charge is -2.06. The predicted octanol–water partition coefficient (Wildman–Crippen LogP) is 3.43. The summed E-state index contributed by atoms with van der Waals surface area (Å²) in [5, 5.41) is 12.4. The van der Waals surface area contributed by atoms with Crippen molar-refractivity contribution in [3.8, 4) is 0 Å². The molecule has 0 unspecified atom stereocenters. The molecule has 27 heavy (non-hydrogen) atoms. The van der Waals surface area contributed by atoms with Crippen LogP contribution in [0.25, 0.3) is 11.0 Å². The van der Waals surface area contributed by atoms with Crippen LogP contribution in [-0.2, 0) is 13.6 Å². The average molecular weight is 381 g/mol. The summed E-state index contributed by atoms with van der Waals surface area (Å²) in [6.45, 7) is 2.41. The van der Waals surface area contributed by atoms with Gasteiger partial charge in [-0.15, -0.1) is 0 Å². The summed E-state index contributed by atoms with van der Waals surface area (Å²) in [4.78, 5) is 17.3. The maximum absolute atomic E-state index is 12.8. The minimum absolute atomic E-state index is 0.301. The number of benzene rings is 1. The molecule has 0 bridgehead atoms. The molecule has 3 heterocycles. The molecule has 0 spiro atoms. The van der Waals surface area contributed by atoms with E-state index in [-0.39, 0.29) is 5.91 Å². The quantitative estimate of drug-likeness (QED) is 0.588. The zero-order chi connectivity index (χ0) is 19.0. The highest BCUT2D eigenvalue weighted by atomic mass is 35.5. The molecule has 0 aliphatic heterocycles. The van der Waals surface area contributed by atoms with Gasteiger partial charge in [0.15, 0.2) is 11.5 Å². The molecule has 4 rings (SSSR count). The Hall–Kier alpha value is -3.19. The molecule has 1 aromatic carbocycles. The van der Waals surface area contributed by atoms with Gasteiger partial charge in [0, 0.05) is 18.9 Å². The first-order valence-corrected chi connectivity index (χ1v) is 8.76. The number of nitrogens with zero attached hydrogens (tertiary/aromatic N) is 5. The number of halogens is 1. The van der Waals surface area contributed by atoms with Gasteiger partial charge in [0.1, 0.15) is 5.02 Å². The van der Waals surface area contributed by atoms with Crippen LogP contribution in [-0.4, -0.2) is 30.5 Å². The maximum atomic E-state index is 12.8. The topological polar surface area (TPSA) is 77.6 Å². The van der Waals surface area contributed by atoms with E-state index in [0.717, 1.165) is 11.3 Å². The molecule has 1 N–H and O–H groups in total. The summed E-state index contributed by atoms with van der Waals surface area (Å²) in [5.74, 6) is 0.0227. The molecule has 0 atom stereocenters. The first-order chi connectivity index (χ1) is 13.0. The summed E-state index contributed by atoms with van der Waals surface area (Å²) >= 11 is 6.27.